The topological polar surface area (TPSA) is 38.0 Å². The van der Waals surface area contributed by atoms with Gasteiger partial charge in [0.2, 0.25) is 0 Å². The van der Waals surface area contributed by atoms with Crippen molar-refractivity contribution >= 4 is 27.5 Å². The largest absolute Gasteiger partial charge is 0.388 e. The summed E-state index contributed by atoms with van der Waals surface area (Å²) >= 11 is 9.39. The van der Waals surface area contributed by atoms with E-state index < -0.39 is 11.9 Å². The van der Waals surface area contributed by atoms with Crippen LogP contribution in [0.4, 0.5) is 4.39 Å². The van der Waals surface area contributed by atoms with Gasteiger partial charge in [-0.2, -0.15) is 5.10 Å². The molecule has 2 rings (SSSR count). The van der Waals surface area contributed by atoms with Crippen LogP contribution in [0, 0.1) is 12.7 Å². The minimum atomic E-state index is -0.956. The molecule has 108 valence electrons. The zero-order valence-corrected chi connectivity index (χ0v) is 13.5. The van der Waals surface area contributed by atoms with Gasteiger partial charge in [0.05, 0.1) is 22.5 Å². The van der Waals surface area contributed by atoms with E-state index in [-0.39, 0.29) is 12.0 Å². The standard InChI is InChI=1S/C14H15BrClFN2O/c1-3-19-12(14(16)8(2)18-19)7-13(20)10-5-4-9(15)6-11(10)17/h4-6,13,20H,3,7H2,1-2H3. The molecule has 0 saturated heterocycles. The van der Waals surface area contributed by atoms with Crippen molar-refractivity contribution in [1.29, 1.82) is 0 Å². The molecule has 2 aromatic rings. The molecular formula is C14H15BrClFN2O. The first kappa shape index (κ1) is 15.5. The Morgan fingerprint density at radius 1 is 1.50 bits per heavy atom. The molecule has 20 heavy (non-hydrogen) atoms. The van der Waals surface area contributed by atoms with Crippen molar-refractivity contribution in [3.8, 4) is 0 Å². The van der Waals surface area contributed by atoms with Crippen molar-refractivity contribution in [3.05, 3.63) is 50.5 Å². The molecule has 0 amide bonds. The molecule has 0 saturated carbocycles. The number of hydrogen-bond donors (Lipinski definition) is 1. The molecule has 0 radical (unpaired) electrons. The van der Waals surface area contributed by atoms with Crippen molar-refractivity contribution in [2.45, 2.75) is 32.9 Å². The lowest BCUT2D eigenvalue weighted by molar-refractivity contribution is 0.170. The molecule has 1 aromatic carbocycles. The number of hydrogen-bond acceptors (Lipinski definition) is 2. The highest BCUT2D eigenvalue weighted by molar-refractivity contribution is 9.10. The average molecular weight is 362 g/mol. The minimum Gasteiger partial charge on any atom is -0.388 e. The Morgan fingerprint density at radius 2 is 2.20 bits per heavy atom. The molecule has 6 heteroatoms. The lowest BCUT2D eigenvalue weighted by Crippen LogP contribution is -2.10. The van der Waals surface area contributed by atoms with E-state index in [0.717, 1.165) is 5.69 Å². The lowest BCUT2D eigenvalue weighted by atomic mass is 10.0. The van der Waals surface area contributed by atoms with Gasteiger partial charge in [0.1, 0.15) is 5.82 Å². The van der Waals surface area contributed by atoms with Gasteiger partial charge in [-0.3, -0.25) is 4.68 Å². The summed E-state index contributed by atoms with van der Waals surface area (Å²) in [6.45, 7) is 4.40. The van der Waals surface area contributed by atoms with Crippen LogP contribution in [0.15, 0.2) is 22.7 Å². The average Bonchev–Trinajstić information content (AvgIpc) is 2.66. The zero-order valence-electron chi connectivity index (χ0n) is 11.2. The van der Waals surface area contributed by atoms with Crippen LogP contribution in [0.3, 0.4) is 0 Å². The van der Waals surface area contributed by atoms with Gasteiger partial charge < -0.3 is 5.11 Å². The van der Waals surface area contributed by atoms with E-state index >= 15 is 0 Å². The molecule has 3 nitrogen and oxygen atoms in total. The SMILES string of the molecule is CCn1nc(C)c(Cl)c1CC(O)c1ccc(Br)cc1F. The van der Waals surface area contributed by atoms with Crippen LogP contribution in [0.1, 0.15) is 30.0 Å². The van der Waals surface area contributed by atoms with Crippen LogP contribution in [-0.2, 0) is 13.0 Å². The van der Waals surface area contributed by atoms with Crippen LogP contribution in [0.5, 0.6) is 0 Å². The molecule has 1 unspecified atom stereocenters. The highest BCUT2D eigenvalue weighted by Gasteiger charge is 2.19. The Hall–Kier alpha value is -0.910. The first-order valence-electron chi connectivity index (χ1n) is 6.28. The van der Waals surface area contributed by atoms with E-state index in [0.29, 0.717) is 21.7 Å². The lowest BCUT2D eigenvalue weighted by Gasteiger charge is -2.13. The predicted molar refractivity (Wildman–Crippen MR) is 80.4 cm³/mol. The smallest absolute Gasteiger partial charge is 0.130 e. The third-order valence-electron chi connectivity index (χ3n) is 3.16. The Balaban J connectivity index is 2.30. The maximum Gasteiger partial charge on any atom is 0.130 e. The number of rotatable bonds is 4. The molecule has 0 aliphatic rings. The van der Waals surface area contributed by atoms with Gasteiger partial charge in [0, 0.05) is 23.0 Å². The summed E-state index contributed by atoms with van der Waals surface area (Å²) < 4.78 is 16.2. The van der Waals surface area contributed by atoms with Crippen molar-refractivity contribution < 1.29 is 9.50 Å². The zero-order chi connectivity index (χ0) is 14.9. The highest BCUT2D eigenvalue weighted by atomic mass is 79.9. The molecule has 0 aliphatic carbocycles. The summed E-state index contributed by atoms with van der Waals surface area (Å²) in [6, 6.07) is 4.60. The number of nitrogens with zero attached hydrogens (tertiary/aromatic N) is 2. The summed E-state index contributed by atoms with van der Waals surface area (Å²) in [6.07, 6.45) is -0.728. The van der Waals surface area contributed by atoms with Gasteiger partial charge in [-0.1, -0.05) is 33.6 Å². The van der Waals surface area contributed by atoms with Crippen LogP contribution >= 0.6 is 27.5 Å². The van der Waals surface area contributed by atoms with E-state index in [2.05, 4.69) is 21.0 Å². The van der Waals surface area contributed by atoms with Gasteiger partial charge in [-0.25, -0.2) is 4.39 Å². The summed E-state index contributed by atoms with van der Waals surface area (Å²) in [7, 11) is 0. The number of aliphatic hydroxyl groups is 1. The molecule has 0 bridgehead atoms. The van der Waals surface area contributed by atoms with Crippen molar-refractivity contribution in [3.63, 3.8) is 0 Å². The highest BCUT2D eigenvalue weighted by Crippen LogP contribution is 2.28. The second-order valence-electron chi connectivity index (χ2n) is 4.55. The van der Waals surface area contributed by atoms with Gasteiger partial charge in [-0.15, -0.1) is 0 Å². The normalized spacial score (nSPS) is 12.7. The number of aliphatic hydroxyl groups excluding tert-OH is 1. The molecule has 1 atom stereocenters. The number of halogens is 3. The second kappa shape index (κ2) is 6.24. The first-order valence-corrected chi connectivity index (χ1v) is 7.46. The number of aromatic nitrogens is 2. The third kappa shape index (κ3) is 3.05. The Kier molecular flexibility index (Phi) is 4.83. The quantitative estimate of drug-likeness (QED) is 0.892. The molecule has 1 aromatic heterocycles. The van der Waals surface area contributed by atoms with Crippen LogP contribution < -0.4 is 0 Å². The van der Waals surface area contributed by atoms with Gasteiger partial charge in [-0.05, 0) is 26.0 Å². The van der Waals surface area contributed by atoms with E-state index in [1.165, 1.54) is 6.07 Å². The molecule has 0 spiro atoms. The van der Waals surface area contributed by atoms with E-state index in [9.17, 15) is 9.50 Å². The van der Waals surface area contributed by atoms with Crippen LogP contribution in [-0.4, -0.2) is 14.9 Å². The molecule has 0 aliphatic heterocycles. The van der Waals surface area contributed by atoms with Gasteiger partial charge >= 0.3 is 0 Å². The minimum absolute atomic E-state index is 0.228. The Bertz CT molecular complexity index is 630. The summed E-state index contributed by atoms with van der Waals surface area (Å²) in [5.41, 5.74) is 1.69. The predicted octanol–water partition coefficient (Wildman–Crippen LogP) is 4.04. The molecule has 1 heterocycles. The number of benzene rings is 1. The Morgan fingerprint density at radius 3 is 2.80 bits per heavy atom. The van der Waals surface area contributed by atoms with E-state index in [1.54, 1.807) is 16.8 Å². The fraction of sp³-hybridized carbons (Fsp3) is 0.357. The van der Waals surface area contributed by atoms with Crippen molar-refractivity contribution in [2.24, 2.45) is 0 Å². The van der Waals surface area contributed by atoms with E-state index in [4.69, 9.17) is 11.6 Å². The van der Waals surface area contributed by atoms with Crippen LogP contribution in [0.2, 0.25) is 5.02 Å². The third-order valence-corrected chi connectivity index (χ3v) is 4.15. The van der Waals surface area contributed by atoms with Crippen molar-refractivity contribution in [2.75, 3.05) is 0 Å². The fourth-order valence-corrected chi connectivity index (χ4v) is 2.67. The molecule has 1 N–H and O–H groups in total. The van der Waals surface area contributed by atoms with E-state index in [1.807, 2.05) is 13.8 Å². The van der Waals surface area contributed by atoms with Crippen LogP contribution in [0.25, 0.3) is 0 Å². The first-order chi connectivity index (χ1) is 9.43. The maximum absolute atomic E-state index is 13.8. The summed E-state index contributed by atoms with van der Waals surface area (Å²) in [5, 5.41) is 15.1. The Labute approximate surface area is 130 Å². The van der Waals surface area contributed by atoms with Gasteiger partial charge in [0.15, 0.2) is 0 Å². The monoisotopic (exact) mass is 360 g/mol. The summed E-state index contributed by atoms with van der Waals surface area (Å²) in [4.78, 5) is 0. The number of aryl methyl sites for hydroxylation is 2. The maximum atomic E-state index is 13.8. The molecular weight excluding hydrogens is 347 g/mol. The van der Waals surface area contributed by atoms with Gasteiger partial charge in [0.25, 0.3) is 0 Å². The second-order valence-corrected chi connectivity index (χ2v) is 5.84. The summed E-state index contributed by atoms with van der Waals surface area (Å²) in [5.74, 6) is -0.442. The molecule has 0 fully saturated rings. The van der Waals surface area contributed by atoms with Crippen molar-refractivity contribution in [1.82, 2.24) is 9.78 Å². The fourth-order valence-electron chi connectivity index (χ4n) is 2.13.